The largest absolute Gasteiger partial charge is 0.321 e. The molecule has 0 aromatic heterocycles. The van der Waals surface area contributed by atoms with E-state index in [-0.39, 0.29) is 11.4 Å². The van der Waals surface area contributed by atoms with Gasteiger partial charge in [-0.2, -0.15) is 0 Å². The number of hydrogen-bond donors (Lipinski definition) is 1. The van der Waals surface area contributed by atoms with Gasteiger partial charge in [0.05, 0.1) is 4.47 Å². The van der Waals surface area contributed by atoms with Gasteiger partial charge >= 0.3 is 0 Å². The van der Waals surface area contributed by atoms with Crippen molar-refractivity contribution in [3.8, 4) is 0 Å². The molecular weight excluding hydrogens is 257 g/mol. The maximum Gasteiger partial charge on any atom is 0.138 e. The van der Waals surface area contributed by atoms with E-state index in [2.05, 4.69) is 15.9 Å². The van der Waals surface area contributed by atoms with Gasteiger partial charge < -0.3 is 5.73 Å². The summed E-state index contributed by atoms with van der Waals surface area (Å²) in [5.41, 5.74) is 9.01. The highest BCUT2D eigenvalue weighted by molar-refractivity contribution is 9.10. The van der Waals surface area contributed by atoms with E-state index in [1.807, 2.05) is 13.8 Å². The molecule has 0 radical (unpaired) electrons. The van der Waals surface area contributed by atoms with E-state index in [0.717, 1.165) is 36.0 Å². The van der Waals surface area contributed by atoms with E-state index in [0.29, 0.717) is 4.47 Å². The molecule has 1 saturated carbocycles. The Labute approximate surface area is 98.0 Å². The first kappa shape index (κ1) is 11.1. The van der Waals surface area contributed by atoms with Crippen LogP contribution in [0.1, 0.15) is 36.0 Å². The van der Waals surface area contributed by atoms with Crippen LogP contribution in [0.15, 0.2) is 10.5 Å². The minimum atomic E-state index is -0.310. The van der Waals surface area contributed by atoms with Gasteiger partial charge in [-0.3, -0.25) is 0 Å². The van der Waals surface area contributed by atoms with Crippen molar-refractivity contribution in [2.45, 2.75) is 38.6 Å². The monoisotopic (exact) mass is 271 g/mol. The summed E-state index contributed by atoms with van der Waals surface area (Å²) in [5.74, 6) is -0.204. The second-order valence-electron chi connectivity index (χ2n) is 4.50. The van der Waals surface area contributed by atoms with Crippen molar-refractivity contribution in [3.63, 3.8) is 0 Å². The third-order valence-electron chi connectivity index (χ3n) is 3.48. The Kier molecular flexibility index (Phi) is 2.63. The molecule has 2 rings (SSSR count). The van der Waals surface area contributed by atoms with Crippen molar-refractivity contribution < 1.29 is 4.39 Å². The van der Waals surface area contributed by atoms with E-state index in [4.69, 9.17) is 5.73 Å². The normalized spacial score (nSPS) is 18.7. The van der Waals surface area contributed by atoms with E-state index >= 15 is 0 Å². The van der Waals surface area contributed by atoms with E-state index in [1.54, 1.807) is 6.07 Å². The highest BCUT2D eigenvalue weighted by Crippen LogP contribution is 2.44. The molecule has 1 aliphatic rings. The lowest BCUT2D eigenvalue weighted by Crippen LogP contribution is -2.44. The van der Waals surface area contributed by atoms with Crippen molar-refractivity contribution in [1.82, 2.24) is 0 Å². The molecule has 1 nitrogen and oxygen atoms in total. The molecule has 15 heavy (non-hydrogen) atoms. The SMILES string of the molecule is Cc1cc(F)c(Br)c(C2(N)CCC2)c1C. The Morgan fingerprint density at radius 1 is 1.40 bits per heavy atom. The Bertz CT molecular complexity index is 384. The van der Waals surface area contributed by atoms with Crippen LogP contribution in [0.4, 0.5) is 4.39 Å². The highest BCUT2D eigenvalue weighted by Gasteiger charge is 2.38. The summed E-state index contributed by atoms with van der Waals surface area (Å²) >= 11 is 3.32. The summed E-state index contributed by atoms with van der Waals surface area (Å²) in [6.07, 6.45) is 3.04. The van der Waals surface area contributed by atoms with Gasteiger partial charge in [0.25, 0.3) is 0 Å². The molecule has 3 heteroatoms. The summed E-state index contributed by atoms with van der Waals surface area (Å²) < 4.78 is 14.2. The Morgan fingerprint density at radius 2 is 2.00 bits per heavy atom. The Balaban J connectivity index is 2.63. The van der Waals surface area contributed by atoms with Gasteiger partial charge in [-0.1, -0.05) is 0 Å². The summed E-state index contributed by atoms with van der Waals surface area (Å²) in [5, 5.41) is 0. The van der Waals surface area contributed by atoms with Gasteiger partial charge in [-0.25, -0.2) is 4.39 Å². The minimum absolute atomic E-state index is 0.204. The number of aryl methyl sites for hydroxylation is 1. The van der Waals surface area contributed by atoms with Crippen LogP contribution in [0.5, 0.6) is 0 Å². The molecule has 1 aliphatic carbocycles. The zero-order valence-electron chi connectivity index (χ0n) is 9.03. The van der Waals surface area contributed by atoms with Gasteiger partial charge in [-0.05, 0) is 71.8 Å². The lowest BCUT2D eigenvalue weighted by atomic mass is 9.71. The quantitative estimate of drug-likeness (QED) is 0.831. The molecular formula is C12H15BrFN. The minimum Gasteiger partial charge on any atom is -0.321 e. The maximum atomic E-state index is 13.6. The van der Waals surface area contributed by atoms with Crippen molar-refractivity contribution in [3.05, 3.63) is 33.0 Å². The van der Waals surface area contributed by atoms with Crippen molar-refractivity contribution in [1.29, 1.82) is 0 Å². The number of halogens is 2. The maximum absolute atomic E-state index is 13.6. The van der Waals surface area contributed by atoms with Crippen LogP contribution in [0.25, 0.3) is 0 Å². The summed E-state index contributed by atoms with van der Waals surface area (Å²) in [4.78, 5) is 0. The van der Waals surface area contributed by atoms with Crippen LogP contribution >= 0.6 is 15.9 Å². The van der Waals surface area contributed by atoms with Gasteiger partial charge in [0.15, 0.2) is 0 Å². The Hall–Kier alpha value is -0.410. The summed E-state index contributed by atoms with van der Waals surface area (Å²) in [6, 6.07) is 1.56. The number of benzene rings is 1. The molecule has 1 aromatic rings. The van der Waals surface area contributed by atoms with Gasteiger partial charge in [-0.15, -0.1) is 0 Å². The molecule has 0 unspecified atom stereocenters. The number of rotatable bonds is 1. The van der Waals surface area contributed by atoms with Crippen LogP contribution < -0.4 is 5.73 Å². The molecule has 2 N–H and O–H groups in total. The fourth-order valence-corrected chi connectivity index (χ4v) is 3.05. The van der Waals surface area contributed by atoms with E-state index < -0.39 is 0 Å². The van der Waals surface area contributed by atoms with Crippen LogP contribution in [0.2, 0.25) is 0 Å². The first-order valence-corrected chi connectivity index (χ1v) is 5.99. The molecule has 0 bridgehead atoms. The zero-order chi connectivity index (χ0) is 11.2. The first-order chi connectivity index (χ1) is 6.96. The smallest absolute Gasteiger partial charge is 0.138 e. The lowest BCUT2D eigenvalue weighted by Gasteiger charge is -2.40. The average molecular weight is 272 g/mol. The third kappa shape index (κ3) is 1.62. The highest BCUT2D eigenvalue weighted by atomic mass is 79.9. The fourth-order valence-electron chi connectivity index (χ4n) is 2.24. The molecule has 0 atom stereocenters. The van der Waals surface area contributed by atoms with Crippen molar-refractivity contribution >= 4 is 15.9 Å². The van der Waals surface area contributed by atoms with Crippen LogP contribution in [0.3, 0.4) is 0 Å². The molecule has 0 saturated heterocycles. The van der Waals surface area contributed by atoms with Crippen LogP contribution in [-0.2, 0) is 5.54 Å². The van der Waals surface area contributed by atoms with Gasteiger partial charge in [0.2, 0.25) is 0 Å². The molecule has 0 heterocycles. The van der Waals surface area contributed by atoms with Gasteiger partial charge in [0.1, 0.15) is 5.82 Å². The van der Waals surface area contributed by atoms with Crippen LogP contribution in [0, 0.1) is 19.7 Å². The van der Waals surface area contributed by atoms with E-state index in [1.165, 1.54) is 0 Å². The number of hydrogen-bond acceptors (Lipinski definition) is 1. The summed E-state index contributed by atoms with van der Waals surface area (Å²) in [6.45, 7) is 3.94. The molecule has 0 spiro atoms. The Morgan fingerprint density at radius 3 is 2.47 bits per heavy atom. The predicted octanol–water partition coefficient (Wildman–Crippen LogP) is 3.54. The lowest BCUT2D eigenvalue weighted by molar-refractivity contribution is 0.250. The van der Waals surface area contributed by atoms with Crippen molar-refractivity contribution in [2.24, 2.45) is 5.73 Å². The number of nitrogens with two attached hydrogens (primary N) is 1. The standard InChI is InChI=1S/C12H15BrFN/c1-7-6-9(14)11(13)10(8(7)2)12(15)4-3-5-12/h6H,3-5,15H2,1-2H3. The third-order valence-corrected chi connectivity index (χ3v) is 4.26. The molecule has 82 valence electrons. The second-order valence-corrected chi connectivity index (χ2v) is 5.29. The second kappa shape index (κ2) is 3.56. The summed E-state index contributed by atoms with van der Waals surface area (Å²) in [7, 11) is 0. The van der Waals surface area contributed by atoms with Crippen molar-refractivity contribution in [2.75, 3.05) is 0 Å². The van der Waals surface area contributed by atoms with Crippen LogP contribution in [-0.4, -0.2) is 0 Å². The average Bonchev–Trinajstić information content (AvgIpc) is 2.12. The first-order valence-electron chi connectivity index (χ1n) is 5.20. The predicted molar refractivity (Wildman–Crippen MR) is 63.3 cm³/mol. The van der Waals surface area contributed by atoms with E-state index in [9.17, 15) is 4.39 Å². The fraction of sp³-hybridized carbons (Fsp3) is 0.500. The molecule has 0 amide bonds. The molecule has 1 aromatic carbocycles. The molecule has 0 aliphatic heterocycles. The zero-order valence-corrected chi connectivity index (χ0v) is 10.6. The topological polar surface area (TPSA) is 26.0 Å². The van der Waals surface area contributed by atoms with Gasteiger partial charge in [0, 0.05) is 5.54 Å². The molecule has 1 fully saturated rings.